The van der Waals surface area contributed by atoms with Crippen LogP contribution in [0.4, 0.5) is 5.82 Å². The van der Waals surface area contributed by atoms with Crippen molar-refractivity contribution in [1.29, 1.82) is 0 Å². The summed E-state index contributed by atoms with van der Waals surface area (Å²) in [5.74, 6) is 0.883. The molecule has 2 aromatic heterocycles. The average molecular weight is 376 g/mol. The highest BCUT2D eigenvalue weighted by Crippen LogP contribution is 2.17. The Bertz CT molecular complexity index is 724. The van der Waals surface area contributed by atoms with E-state index in [1.54, 1.807) is 12.5 Å². The number of para-hydroxylation sites is 1. The Balaban J connectivity index is 1.73. The van der Waals surface area contributed by atoms with Crippen LogP contribution >= 0.6 is 22.6 Å². The third kappa shape index (κ3) is 2.87. The molecule has 0 atom stereocenters. The van der Waals surface area contributed by atoms with Crippen LogP contribution in [0.25, 0.3) is 10.9 Å². The molecule has 0 saturated carbocycles. The van der Waals surface area contributed by atoms with Crippen molar-refractivity contribution < 1.29 is 0 Å². The first-order chi connectivity index (χ1) is 9.84. The summed E-state index contributed by atoms with van der Waals surface area (Å²) in [7, 11) is 0. The summed E-state index contributed by atoms with van der Waals surface area (Å²) in [4.78, 5) is 12.7. The average Bonchev–Trinajstić information content (AvgIpc) is 2.49. The van der Waals surface area contributed by atoms with E-state index < -0.39 is 0 Å². The number of fused-ring (bicyclic) bond motifs is 1. The van der Waals surface area contributed by atoms with Gasteiger partial charge in [-0.1, -0.05) is 24.3 Å². The van der Waals surface area contributed by atoms with Gasteiger partial charge in [-0.2, -0.15) is 0 Å². The van der Waals surface area contributed by atoms with Crippen LogP contribution < -0.4 is 5.32 Å². The Kier molecular flexibility index (Phi) is 4.05. The molecule has 100 valence electrons. The smallest absolute Gasteiger partial charge is 0.142 e. The number of pyridine rings is 1. The van der Waals surface area contributed by atoms with Gasteiger partial charge in [-0.3, -0.25) is 4.98 Å². The van der Waals surface area contributed by atoms with Crippen LogP contribution in [0.15, 0.2) is 49.1 Å². The van der Waals surface area contributed by atoms with Gasteiger partial charge in [0.25, 0.3) is 0 Å². The molecule has 0 aliphatic rings. The fourth-order valence-corrected chi connectivity index (χ4v) is 2.62. The molecule has 0 fully saturated rings. The molecule has 0 unspecified atom stereocenters. The fourth-order valence-electron chi connectivity index (χ4n) is 2.13. The molecule has 0 radical (unpaired) electrons. The number of nitrogens with one attached hydrogen (secondary N) is 1. The summed E-state index contributed by atoms with van der Waals surface area (Å²) in [6, 6.07) is 10.3. The van der Waals surface area contributed by atoms with Gasteiger partial charge in [-0.15, -0.1) is 0 Å². The van der Waals surface area contributed by atoms with Crippen molar-refractivity contribution in [1.82, 2.24) is 15.0 Å². The van der Waals surface area contributed by atoms with Gasteiger partial charge >= 0.3 is 0 Å². The Hall–Kier alpha value is -1.76. The molecule has 0 aliphatic carbocycles. The number of rotatable bonds is 4. The Labute approximate surface area is 130 Å². The number of halogens is 1. The first-order valence-corrected chi connectivity index (χ1v) is 7.44. The highest BCUT2D eigenvalue weighted by atomic mass is 127. The molecule has 20 heavy (non-hydrogen) atoms. The van der Waals surface area contributed by atoms with Gasteiger partial charge in [0, 0.05) is 24.3 Å². The molecule has 4 nitrogen and oxygen atoms in total. The zero-order chi connectivity index (χ0) is 13.8. The van der Waals surface area contributed by atoms with Gasteiger partial charge in [0.05, 0.1) is 9.09 Å². The van der Waals surface area contributed by atoms with Crippen molar-refractivity contribution in [2.24, 2.45) is 0 Å². The van der Waals surface area contributed by atoms with Crippen LogP contribution in [-0.4, -0.2) is 21.5 Å². The quantitative estimate of drug-likeness (QED) is 0.711. The van der Waals surface area contributed by atoms with Crippen LogP contribution in [0.3, 0.4) is 0 Å². The van der Waals surface area contributed by atoms with Crippen molar-refractivity contribution in [2.75, 3.05) is 11.9 Å². The van der Waals surface area contributed by atoms with Gasteiger partial charge < -0.3 is 5.32 Å². The Morgan fingerprint density at radius 3 is 2.90 bits per heavy atom. The molecular weight excluding hydrogens is 363 g/mol. The molecule has 0 spiro atoms. The van der Waals surface area contributed by atoms with Gasteiger partial charge in [0.1, 0.15) is 12.1 Å². The normalized spacial score (nSPS) is 10.7. The zero-order valence-electron chi connectivity index (χ0n) is 10.8. The van der Waals surface area contributed by atoms with E-state index in [-0.39, 0.29) is 0 Å². The number of benzene rings is 1. The lowest BCUT2D eigenvalue weighted by molar-refractivity contribution is 0.999. The molecule has 3 aromatic rings. The van der Waals surface area contributed by atoms with E-state index in [0.717, 1.165) is 27.9 Å². The minimum Gasteiger partial charge on any atom is -0.369 e. The number of hydrogen-bond donors (Lipinski definition) is 1. The molecular formula is C15H13IN4. The van der Waals surface area contributed by atoms with Crippen LogP contribution in [0, 0.1) is 3.57 Å². The van der Waals surface area contributed by atoms with Crippen LogP contribution in [0.5, 0.6) is 0 Å². The second kappa shape index (κ2) is 6.13. The minimum atomic E-state index is 0.822. The number of anilines is 1. The van der Waals surface area contributed by atoms with E-state index in [9.17, 15) is 0 Å². The third-order valence-corrected chi connectivity index (χ3v) is 3.86. The molecule has 1 aromatic carbocycles. The van der Waals surface area contributed by atoms with Gasteiger partial charge in [-0.05, 0) is 40.6 Å². The Morgan fingerprint density at radius 1 is 1.10 bits per heavy atom. The van der Waals surface area contributed by atoms with Crippen molar-refractivity contribution in [2.45, 2.75) is 6.42 Å². The summed E-state index contributed by atoms with van der Waals surface area (Å²) in [6.07, 6.45) is 6.11. The van der Waals surface area contributed by atoms with E-state index in [1.807, 2.05) is 12.3 Å². The third-order valence-electron chi connectivity index (χ3n) is 3.07. The zero-order valence-corrected chi connectivity index (χ0v) is 12.9. The SMILES string of the molecule is Ic1cncnc1NCCc1cccc2cccnc12. The topological polar surface area (TPSA) is 50.7 Å². The van der Waals surface area contributed by atoms with Crippen molar-refractivity contribution in [3.05, 3.63) is 58.2 Å². The van der Waals surface area contributed by atoms with Gasteiger partial charge in [-0.25, -0.2) is 9.97 Å². The van der Waals surface area contributed by atoms with E-state index >= 15 is 0 Å². The minimum absolute atomic E-state index is 0.822. The number of nitrogens with zero attached hydrogens (tertiary/aromatic N) is 3. The highest BCUT2D eigenvalue weighted by Gasteiger charge is 2.03. The van der Waals surface area contributed by atoms with E-state index in [2.05, 4.69) is 67.1 Å². The first-order valence-electron chi connectivity index (χ1n) is 6.36. The molecule has 1 N–H and O–H groups in total. The van der Waals surface area contributed by atoms with Crippen LogP contribution in [0.2, 0.25) is 0 Å². The maximum atomic E-state index is 4.47. The van der Waals surface area contributed by atoms with E-state index in [1.165, 1.54) is 10.9 Å². The largest absolute Gasteiger partial charge is 0.369 e. The summed E-state index contributed by atoms with van der Waals surface area (Å²) in [6.45, 7) is 0.822. The van der Waals surface area contributed by atoms with Gasteiger partial charge in [0.15, 0.2) is 0 Å². The summed E-state index contributed by atoms with van der Waals surface area (Å²) in [5, 5.41) is 4.52. The maximum Gasteiger partial charge on any atom is 0.142 e. The second-order valence-electron chi connectivity index (χ2n) is 4.39. The summed E-state index contributed by atoms with van der Waals surface area (Å²) < 4.78 is 1.03. The van der Waals surface area contributed by atoms with Crippen molar-refractivity contribution >= 4 is 39.3 Å². The second-order valence-corrected chi connectivity index (χ2v) is 5.55. The lowest BCUT2D eigenvalue weighted by atomic mass is 10.1. The standard InChI is InChI=1S/C15H13IN4/c16-13-9-17-10-20-15(13)19-8-6-12-4-1-3-11-5-2-7-18-14(11)12/h1-5,7,9-10H,6,8H2,(H,17,19,20). The van der Waals surface area contributed by atoms with Crippen LogP contribution in [0.1, 0.15) is 5.56 Å². The monoisotopic (exact) mass is 376 g/mol. The Morgan fingerprint density at radius 2 is 2.00 bits per heavy atom. The molecule has 2 heterocycles. The number of hydrogen-bond acceptors (Lipinski definition) is 4. The summed E-state index contributed by atoms with van der Waals surface area (Å²) >= 11 is 2.23. The molecule has 0 saturated heterocycles. The lowest BCUT2D eigenvalue weighted by Gasteiger charge is -2.08. The lowest BCUT2D eigenvalue weighted by Crippen LogP contribution is -2.08. The summed E-state index contributed by atoms with van der Waals surface area (Å²) in [5.41, 5.74) is 2.33. The molecule has 0 aliphatic heterocycles. The fraction of sp³-hybridized carbons (Fsp3) is 0.133. The predicted molar refractivity (Wildman–Crippen MR) is 88.7 cm³/mol. The maximum absolute atomic E-state index is 4.47. The highest BCUT2D eigenvalue weighted by molar-refractivity contribution is 14.1. The van der Waals surface area contributed by atoms with E-state index in [4.69, 9.17) is 0 Å². The van der Waals surface area contributed by atoms with Crippen LogP contribution in [-0.2, 0) is 6.42 Å². The predicted octanol–water partition coefficient (Wildman–Crippen LogP) is 3.28. The molecule has 3 rings (SSSR count). The van der Waals surface area contributed by atoms with Crippen molar-refractivity contribution in [3.8, 4) is 0 Å². The molecule has 0 bridgehead atoms. The van der Waals surface area contributed by atoms with E-state index in [0.29, 0.717) is 0 Å². The molecule has 0 amide bonds. The van der Waals surface area contributed by atoms with Crippen molar-refractivity contribution in [3.63, 3.8) is 0 Å². The first kappa shape index (κ1) is 13.2. The van der Waals surface area contributed by atoms with Gasteiger partial charge in [0.2, 0.25) is 0 Å². The number of aromatic nitrogens is 3. The molecule has 5 heteroatoms.